The molecule has 0 amide bonds. The topological polar surface area (TPSA) is 37.8 Å². The summed E-state index contributed by atoms with van der Waals surface area (Å²) in [4.78, 5) is 9.44. The predicted octanol–water partition coefficient (Wildman–Crippen LogP) is 5.13. The highest BCUT2D eigenvalue weighted by atomic mass is 79.9. The van der Waals surface area contributed by atoms with E-state index in [1.807, 2.05) is 42.5 Å². The molecule has 1 heterocycles. The van der Waals surface area contributed by atoms with Crippen LogP contribution in [0.2, 0.25) is 0 Å². The van der Waals surface area contributed by atoms with Crippen molar-refractivity contribution in [2.75, 3.05) is 11.9 Å². The van der Waals surface area contributed by atoms with Crippen LogP contribution in [0.5, 0.6) is 0 Å². The summed E-state index contributed by atoms with van der Waals surface area (Å²) in [7, 11) is 0. The normalized spacial score (nSPS) is 11.1. The molecule has 0 saturated heterocycles. The number of fused-ring (bicyclic) bond motifs is 1. The zero-order chi connectivity index (χ0) is 15.5. The molecule has 1 aromatic heterocycles. The Labute approximate surface area is 138 Å². The van der Waals surface area contributed by atoms with E-state index in [9.17, 15) is 0 Å². The van der Waals surface area contributed by atoms with Crippen LogP contribution in [0.15, 0.2) is 53.0 Å². The maximum absolute atomic E-state index is 4.74. The van der Waals surface area contributed by atoms with Crippen molar-refractivity contribution in [2.45, 2.75) is 13.8 Å². The van der Waals surface area contributed by atoms with Gasteiger partial charge < -0.3 is 5.32 Å². The van der Waals surface area contributed by atoms with E-state index in [-0.39, 0.29) is 0 Å². The highest BCUT2D eigenvalue weighted by Crippen LogP contribution is 2.27. The monoisotopic (exact) mass is 355 g/mol. The Morgan fingerprint density at radius 2 is 1.82 bits per heavy atom. The first-order valence-corrected chi connectivity index (χ1v) is 8.19. The molecule has 0 saturated carbocycles. The van der Waals surface area contributed by atoms with Gasteiger partial charge in [0.2, 0.25) is 0 Å². The Balaban J connectivity index is 2.13. The molecule has 0 fully saturated rings. The molecule has 0 aliphatic rings. The number of nitrogens with one attached hydrogen (secondary N) is 1. The van der Waals surface area contributed by atoms with Crippen LogP contribution in [-0.2, 0) is 0 Å². The third-order valence-corrected chi connectivity index (χ3v) is 3.86. The van der Waals surface area contributed by atoms with Gasteiger partial charge >= 0.3 is 0 Å². The smallest absolute Gasteiger partial charge is 0.162 e. The molecule has 112 valence electrons. The maximum Gasteiger partial charge on any atom is 0.162 e. The Kier molecular flexibility index (Phi) is 4.39. The number of hydrogen-bond acceptors (Lipinski definition) is 3. The van der Waals surface area contributed by atoms with Crippen molar-refractivity contribution in [1.29, 1.82) is 0 Å². The second-order valence-corrected chi connectivity index (χ2v) is 6.61. The Bertz CT molecular complexity index is 785. The first-order chi connectivity index (χ1) is 10.6. The molecular formula is C18H18BrN3. The fourth-order valence-corrected chi connectivity index (χ4v) is 2.61. The number of hydrogen-bond donors (Lipinski definition) is 1. The van der Waals surface area contributed by atoms with E-state index < -0.39 is 0 Å². The summed E-state index contributed by atoms with van der Waals surface area (Å²) in [6.45, 7) is 5.25. The lowest BCUT2D eigenvalue weighted by atomic mass is 10.1. The molecule has 3 nitrogen and oxygen atoms in total. The van der Waals surface area contributed by atoms with Crippen molar-refractivity contribution < 1.29 is 0 Å². The second kappa shape index (κ2) is 6.44. The number of halogens is 1. The molecule has 0 unspecified atom stereocenters. The second-order valence-electron chi connectivity index (χ2n) is 5.70. The van der Waals surface area contributed by atoms with Gasteiger partial charge in [-0.2, -0.15) is 0 Å². The van der Waals surface area contributed by atoms with Crippen molar-refractivity contribution in [2.24, 2.45) is 5.92 Å². The van der Waals surface area contributed by atoms with E-state index in [0.29, 0.717) is 5.92 Å². The van der Waals surface area contributed by atoms with Crippen molar-refractivity contribution >= 4 is 32.7 Å². The summed E-state index contributed by atoms with van der Waals surface area (Å²) in [6, 6.07) is 16.2. The molecule has 0 radical (unpaired) electrons. The number of benzene rings is 2. The van der Waals surface area contributed by atoms with Gasteiger partial charge in [-0.05, 0) is 24.1 Å². The van der Waals surface area contributed by atoms with Crippen LogP contribution in [0.3, 0.4) is 0 Å². The number of anilines is 1. The standard InChI is InChI=1S/C18H18BrN3/c1-12(2)11-20-18-15-10-14(19)8-9-16(15)21-17(22-18)13-6-4-3-5-7-13/h3-10,12H,11H2,1-2H3,(H,20,21,22). The average Bonchev–Trinajstić information content (AvgIpc) is 2.53. The minimum absolute atomic E-state index is 0.553. The van der Waals surface area contributed by atoms with Gasteiger partial charge in [0, 0.05) is 22.0 Å². The summed E-state index contributed by atoms with van der Waals surface area (Å²) in [5.74, 6) is 2.19. The largest absolute Gasteiger partial charge is 0.369 e. The van der Waals surface area contributed by atoms with Crippen molar-refractivity contribution in [3.8, 4) is 11.4 Å². The van der Waals surface area contributed by atoms with Gasteiger partial charge in [0.15, 0.2) is 5.82 Å². The van der Waals surface area contributed by atoms with Crippen LogP contribution >= 0.6 is 15.9 Å². The van der Waals surface area contributed by atoms with Crippen LogP contribution in [-0.4, -0.2) is 16.5 Å². The van der Waals surface area contributed by atoms with Gasteiger partial charge in [-0.25, -0.2) is 9.97 Å². The molecule has 2 aromatic carbocycles. The van der Waals surface area contributed by atoms with E-state index in [2.05, 4.69) is 41.2 Å². The maximum atomic E-state index is 4.74. The Hall–Kier alpha value is -1.94. The fourth-order valence-electron chi connectivity index (χ4n) is 2.25. The lowest BCUT2D eigenvalue weighted by molar-refractivity contribution is 0.687. The van der Waals surface area contributed by atoms with Gasteiger partial charge in [-0.15, -0.1) is 0 Å². The van der Waals surface area contributed by atoms with Gasteiger partial charge in [-0.3, -0.25) is 0 Å². The first kappa shape index (κ1) is 15.0. The van der Waals surface area contributed by atoms with Crippen LogP contribution in [0.25, 0.3) is 22.3 Å². The molecule has 4 heteroatoms. The van der Waals surface area contributed by atoms with E-state index in [1.165, 1.54) is 0 Å². The van der Waals surface area contributed by atoms with Crippen LogP contribution in [0.4, 0.5) is 5.82 Å². The molecule has 0 atom stereocenters. The van der Waals surface area contributed by atoms with Gasteiger partial charge in [0.1, 0.15) is 5.82 Å². The Morgan fingerprint density at radius 3 is 2.55 bits per heavy atom. The van der Waals surface area contributed by atoms with E-state index in [1.54, 1.807) is 0 Å². The van der Waals surface area contributed by atoms with E-state index in [0.717, 1.165) is 39.1 Å². The average molecular weight is 356 g/mol. The first-order valence-electron chi connectivity index (χ1n) is 7.40. The molecule has 0 bridgehead atoms. The summed E-state index contributed by atoms with van der Waals surface area (Å²) < 4.78 is 1.03. The molecule has 0 spiro atoms. The molecule has 0 aliphatic heterocycles. The zero-order valence-electron chi connectivity index (χ0n) is 12.7. The molecular weight excluding hydrogens is 338 g/mol. The number of nitrogens with zero attached hydrogens (tertiary/aromatic N) is 2. The minimum Gasteiger partial charge on any atom is -0.369 e. The summed E-state index contributed by atoms with van der Waals surface area (Å²) in [5, 5.41) is 4.49. The predicted molar refractivity (Wildman–Crippen MR) is 96.0 cm³/mol. The third-order valence-electron chi connectivity index (χ3n) is 3.37. The van der Waals surface area contributed by atoms with Crippen LogP contribution in [0, 0.1) is 5.92 Å². The van der Waals surface area contributed by atoms with Crippen molar-refractivity contribution in [1.82, 2.24) is 9.97 Å². The highest BCUT2D eigenvalue weighted by Gasteiger charge is 2.10. The molecule has 3 rings (SSSR count). The number of aromatic nitrogens is 2. The van der Waals surface area contributed by atoms with Crippen LogP contribution in [0.1, 0.15) is 13.8 Å². The molecule has 0 aliphatic carbocycles. The number of rotatable bonds is 4. The highest BCUT2D eigenvalue weighted by molar-refractivity contribution is 9.10. The molecule has 1 N–H and O–H groups in total. The lowest BCUT2D eigenvalue weighted by Crippen LogP contribution is -2.10. The molecule has 3 aromatic rings. The minimum atomic E-state index is 0.553. The van der Waals surface area contributed by atoms with E-state index >= 15 is 0 Å². The summed E-state index contributed by atoms with van der Waals surface area (Å²) in [5.41, 5.74) is 1.98. The van der Waals surface area contributed by atoms with Crippen LogP contribution < -0.4 is 5.32 Å². The quantitative estimate of drug-likeness (QED) is 0.704. The van der Waals surface area contributed by atoms with Gasteiger partial charge in [-0.1, -0.05) is 60.1 Å². The van der Waals surface area contributed by atoms with Crippen molar-refractivity contribution in [3.05, 3.63) is 53.0 Å². The SMILES string of the molecule is CC(C)CNc1nc(-c2ccccc2)nc2ccc(Br)cc12. The van der Waals surface area contributed by atoms with Gasteiger partial charge in [0.25, 0.3) is 0 Å². The third kappa shape index (κ3) is 3.28. The fraction of sp³-hybridized carbons (Fsp3) is 0.222. The summed E-state index contributed by atoms with van der Waals surface area (Å²) >= 11 is 3.53. The summed E-state index contributed by atoms with van der Waals surface area (Å²) in [6.07, 6.45) is 0. The zero-order valence-corrected chi connectivity index (χ0v) is 14.3. The van der Waals surface area contributed by atoms with Gasteiger partial charge in [0.05, 0.1) is 5.52 Å². The van der Waals surface area contributed by atoms with E-state index in [4.69, 9.17) is 9.97 Å². The lowest BCUT2D eigenvalue weighted by Gasteiger charge is -2.12. The van der Waals surface area contributed by atoms with Crippen molar-refractivity contribution in [3.63, 3.8) is 0 Å². The molecule has 22 heavy (non-hydrogen) atoms. The Morgan fingerprint density at radius 1 is 1.05 bits per heavy atom.